The van der Waals surface area contributed by atoms with Gasteiger partial charge in [0.2, 0.25) is 11.8 Å². The van der Waals surface area contributed by atoms with Crippen LogP contribution < -0.4 is 0 Å². The van der Waals surface area contributed by atoms with Crippen molar-refractivity contribution in [1.82, 2.24) is 9.80 Å². The molecule has 142 valence electrons. The molecule has 2 aliphatic heterocycles. The number of piperidine rings is 1. The number of carbonyl (C=O) groups is 2. The number of hydrogen-bond acceptors (Lipinski definition) is 3. The SMILES string of the molecule is CC1CN(C(=O)C2CCN(C(=O)Cc3cccc(F)c3)CC2)CC(C)O1. The molecule has 1 aromatic carbocycles. The monoisotopic (exact) mass is 362 g/mol. The van der Waals surface area contributed by atoms with Crippen molar-refractivity contribution in [3.63, 3.8) is 0 Å². The Bertz CT molecular complexity index is 648. The molecule has 6 heteroatoms. The fraction of sp³-hybridized carbons (Fsp3) is 0.600. The summed E-state index contributed by atoms with van der Waals surface area (Å²) in [6.07, 6.45) is 1.71. The van der Waals surface area contributed by atoms with E-state index < -0.39 is 0 Å². The van der Waals surface area contributed by atoms with Crippen LogP contribution in [0, 0.1) is 11.7 Å². The molecule has 0 N–H and O–H groups in total. The highest BCUT2D eigenvalue weighted by molar-refractivity contribution is 5.81. The standard InChI is InChI=1S/C20H27FN2O3/c1-14-12-23(13-15(2)26-14)20(25)17-6-8-22(9-7-17)19(24)11-16-4-3-5-18(21)10-16/h3-5,10,14-15,17H,6-9,11-13H2,1-2H3. The van der Waals surface area contributed by atoms with Crippen molar-refractivity contribution in [3.05, 3.63) is 35.6 Å². The van der Waals surface area contributed by atoms with Gasteiger partial charge in [-0.1, -0.05) is 12.1 Å². The van der Waals surface area contributed by atoms with Gasteiger partial charge in [0.25, 0.3) is 0 Å². The third-order valence-electron chi connectivity index (χ3n) is 5.17. The Balaban J connectivity index is 1.50. The van der Waals surface area contributed by atoms with Gasteiger partial charge in [-0.15, -0.1) is 0 Å². The number of halogens is 1. The normalized spacial score (nSPS) is 24.6. The molecule has 0 bridgehead atoms. The molecule has 0 saturated carbocycles. The van der Waals surface area contributed by atoms with E-state index in [-0.39, 0.29) is 42.2 Å². The number of likely N-dealkylation sites (tertiary alicyclic amines) is 1. The summed E-state index contributed by atoms with van der Waals surface area (Å²) in [7, 11) is 0. The van der Waals surface area contributed by atoms with Gasteiger partial charge in [0.1, 0.15) is 5.82 Å². The van der Waals surface area contributed by atoms with Crippen LogP contribution in [0.3, 0.4) is 0 Å². The van der Waals surface area contributed by atoms with Crippen molar-refractivity contribution >= 4 is 11.8 Å². The molecule has 0 spiro atoms. The highest BCUT2D eigenvalue weighted by atomic mass is 19.1. The Morgan fingerprint density at radius 1 is 1.12 bits per heavy atom. The minimum Gasteiger partial charge on any atom is -0.372 e. The smallest absolute Gasteiger partial charge is 0.226 e. The second-order valence-electron chi connectivity index (χ2n) is 7.46. The van der Waals surface area contributed by atoms with Crippen LogP contribution in [0.1, 0.15) is 32.3 Å². The molecule has 0 radical (unpaired) electrons. The number of benzene rings is 1. The van der Waals surface area contributed by atoms with Crippen LogP contribution in [0.5, 0.6) is 0 Å². The summed E-state index contributed by atoms with van der Waals surface area (Å²) in [4.78, 5) is 28.9. The molecule has 2 aliphatic rings. The fourth-order valence-corrected chi connectivity index (χ4v) is 3.93. The molecule has 2 saturated heterocycles. The largest absolute Gasteiger partial charge is 0.372 e. The fourth-order valence-electron chi connectivity index (χ4n) is 3.93. The van der Waals surface area contributed by atoms with Crippen molar-refractivity contribution in [2.45, 2.75) is 45.3 Å². The van der Waals surface area contributed by atoms with E-state index in [0.717, 1.165) is 0 Å². The second-order valence-corrected chi connectivity index (χ2v) is 7.46. The number of ether oxygens (including phenoxy) is 1. The lowest BCUT2D eigenvalue weighted by molar-refractivity contribution is -0.150. The molecule has 1 aromatic rings. The van der Waals surface area contributed by atoms with Crippen LogP contribution in [0.4, 0.5) is 4.39 Å². The van der Waals surface area contributed by atoms with Gasteiger partial charge >= 0.3 is 0 Å². The van der Waals surface area contributed by atoms with Crippen molar-refractivity contribution < 1.29 is 18.7 Å². The van der Waals surface area contributed by atoms with Gasteiger partial charge in [-0.05, 0) is 44.4 Å². The quantitative estimate of drug-likeness (QED) is 0.829. The molecule has 5 nitrogen and oxygen atoms in total. The maximum absolute atomic E-state index is 13.3. The average Bonchev–Trinajstić information content (AvgIpc) is 2.60. The van der Waals surface area contributed by atoms with Gasteiger partial charge < -0.3 is 14.5 Å². The van der Waals surface area contributed by atoms with Crippen molar-refractivity contribution in [2.75, 3.05) is 26.2 Å². The van der Waals surface area contributed by atoms with E-state index in [1.165, 1.54) is 12.1 Å². The van der Waals surface area contributed by atoms with Crippen molar-refractivity contribution in [2.24, 2.45) is 5.92 Å². The van der Waals surface area contributed by atoms with E-state index in [4.69, 9.17) is 4.74 Å². The zero-order valence-corrected chi connectivity index (χ0v) is 15.5. The highest BCUT2D eigenvalue weighted by Crippen LogP contribution is 2.23. The van der Waals surface area contributed by atoms with Gasteiger partial charge in [0.15, 0.2) is 0 Å². The third-order valence-corrected chi connectivity index (χ3v) is 5.17. The second kappa shape index (κ2) is 8.16. The average molecular weight is 362 g/mol. The Labute approximate surface area is 154 Å². The summed E-state index contributed by atoms with van der Waals surface area (Å²) >= 11 is 0. The first-order chi connectivity index (χ1) is 12.4. The Kier molecular flexibility index (Phi) is 5.91. The van der Waals surface area contributed by atoms with E-state index in [2.05, 4.69) is 0 Å². The van der Waals surface area contributed by atoms with Crippen LogP contribution in [-0.2, 0) is 20.7 Å². The molecule has 2 unspecified atom stereocenters. The number of carbonyl (C=O) groups excluding carboxylic acids is 2. The zero-order chi connectivity index (χ0) is 18.7. The van der Waals surface area contributed by atoms with E-state index in [0.29, 0.717) is 44.6 Å². The lowest BCUT2D eigenvalue weighted by Crippen LogP contribution is -2.51. The molecule has 0 aliphatic carbocycles. The predicted octanol–water partition coefficient (Wildman–Crippen LogP) is 2.24. The number of rotatable bonds is 3. The third kappa shape index (κ3) is 4.61. The molecule has 26 heavy (non-hydrogen) atoms. The number of nitrogens with zero attached hydrogens (tertiary/aromatic N) is 2. The molecule has 0 aromatic heterocycles. The summed E-state index contributed by atoms with van der Waals surface area (Å²) in [5.74, 6) is -0.168. The van der Waals surface area contributed by atoms with Crippen LogP contribution in [0.2, 0.25) is 0 Å². The van der Waals surface area contributed by atoms with Crippen molar-refractivity contribution in [1.29, 1.82) is 0 Å². The van der Waals surface area contributed by atoms with Crippen LogP contribution >= 0.6 is 0 Å². The van der Waals surface area contributed by atoms with Crippen LogP contribution in [-0.4, -0.2) is 60.0 Å². The van der Waals surface area contributed by atoms with Crippen molar-refractivity contribution in [3.8, 4) is 0 Å². The van der Waals surface area contributed by atoms with Gasteiger partial charge in [0, 0.05) is 32.1 Å². The highest BCUT2D eigenvalue weighted by Gasteiger charge is 2.33. The van der Waals surface area contributed by atoms with Crippen LogP contribution in [0.25, 0.3) is 0 Å². The summed E-state index contributed by atoms with van der Waals surface area (Å²) < 4.78 is 18.9. The van der Waals surface area contributed by atoms with Gasteiger partial charge in [-0.3, -0.25) is 9.59 Å². The van der Waals surface area contributed by atoms with E-state index in [1.54, 1.807) is 17.0 Å². The van der Waals surface area contributed by atoms with E-state index in [9.17, 15) is 14.0 Å². The molecule has 3 rings (SSSR count). The summed E-state index contributed by atoms with van der Waals surface area (Å²) in [6.45, 7) is 6.43. The first-order valence-electron chi connectivity index (χ1n) is 9.39. The number of morpholine rings is 1. The predicted molar refractivity (Wildman–Crippen MR) is 96.0 cm³/mol. The summed E-state index contributed by atoms with van der Waals surface area (Å²) in [6, 6.07) is 6.15. The Morgan fingerprint density at radius 2 is 1.77 bits per heavy atom. The number of amides is 2. The molecular weight excluding hydrogens is 335 g/mol. The molecule has 2 fully saturated rings. The minimum atomic E-state index is -0.325. The van der Waals surface area contributed by atoms with Crippen LogP contribution in [0.15, 0.2) is 24.3 Å². The zero-order valence-electron chi connectivity index (χ0n) is 15.5. The molecule has 2 amide bonds. The topological polar surface area (TPSA) is 49.9 Å². The lowest BCUT2D eigenvalue weighted by Gasteiger charge is -2.39. The van der Waals surface area contributed by atoms with Gasteiger partial charge in [-0.2, -0.15) is 0 Å². The van der Waals surface area contributed by atoms with E-state index >= 15 is 0 Å². The van der Waals surface area contributed by atoms with Gasteiger partial charge in [-0.25, -0.2) is 4.39 Å². The molecule has 2 heterocycles. The summed E-state index contributed by atoms with van der Waals surface area (Å²) in [5, 5.41) is 0. The maximum atomic E-state index is 13.3. The van der Waals surface area contributed by atoms with Gasteiger partial charge in [0.05, 0.1) is 18.6 Å². The van der Waals surface area contributed by atoms with E-state index in [1.807, 2.05) is 18.7 Å². The number of hydrogen-bond donors (Lipinski definition) is 0. The first-order valence-corrected chi connectivity index (χ1v) is 9.39. The summed E-state index contributed by atoms with van der Waals surface area (Å²) in [5.41, 5.74) is 0.685. The first kappa shape index (κ1) is 18.8. The Morgan fingerprint density at radius 3 is 2.38 bits per heavy atom. The minimum absolute atomic E-state index is 0.00452. The lowest BCUT2D eigenvalue weighted by atomic mass is 9.94. The Hall–Kier alpha value is -1.95. The maximum Gasteiger partial charge on any atom is 0.226 e. The molecule has 2 atom stereocenters. The molecular formula is C20H27FN2O3.